The molecular weight excluding hydrogens is 1790 g/mol. The molecule has 22 aromatic rings. The third kappa shape index (κ3) is 17.8. The number of hydrogen-bond donors (Lipinski definition) is 0. The number of fused-ring (bicyclic) bond motifs is 9. The van der Waals surface area contributed by atoms with Crippen molar-refractivity contribution in [3.63, 3.8) is 0 Å². The van der Waals surface area contributed by atoms with E-state index in [2.05, 4.69) is 425 Å². The summed E-state index contributed by atoms with van der Waals surface area (Å²) in [6.07, 6.45) is 0. The Hall–Kier alpha value is -18.0. The first-order chi connectivity index (χ1) is 71.6. The standard InChI is InChI=1S/C61H46N4.2C37H30N4/c1-39-24-34-50(40(2)62-39)44-25-29-46(30-26-44)58-63-59(65-60(64-58)48-33-35-52-51-22-14-15-23-55(51)61(3,4)56(52)38-48)47-31-27-45(28-32-47)57-53(42-18-10-6-11-19-42)36-49(41-16-8-5-9-17-41)37-54(57)43-20-12-7-13-21-43;1-23-18-20-27(24(2)38-23)28-14-8-9-16-31(28)36-40-34(25-12-6-5-7-13-25)39-35(41-36)26-19-21-30-29-15-10-11-17-32(29)37(3,4)33(30)22-26;1-23-17-19-29(24(2)38-23)26-13-10-14-27(21-26)35-39-34(25-11-6-5-7-12-25)40-36(41-35)28-18-20-31-30-15-8-9-16-32(30)37(3,4)33(31)22-28/h5-38H,1-4H3;2*5-22H,1-4H3. The molecule has 0 unspecified atom stereocenters. The lowest BCUT2D eigenvalue weighted by Gasteiger charge is -2.21. The molecule has 706 valence electrons. The zero-order valence-corrected chi connectivity index (χ0v) is 84.3. The Morgan fingerprint density at radius 2 is 0.367 bits per heavy atom. The number of aryl methyl sites for hydroxylation is 6. The topological polar surface area (TPSA) is 155 Å². The van der Waals surface area contributed by atoms with Crippen LogP contribution in [-0.4, -0.2) is 59.8 Å². The minimum absolute atomic E-state index is 0.103. The van der Waals surface area contributed by atoms with Gasteiger partial charge >= 0.3 is 0 Å². The molecule has 0 radical (unpaired) electrons. The fourth-order valence-electron chi connectivity index (χ4n) is 21.7. The van der Waals surface area contributed by atoms with Crippen molar-refractivity contribution in [1.29, 1.82) is 0 Å². The molecule has 0 spiro atoms. The summed E-state index contributed by atoms with van der Waals surface area (Å²) in [5.41, 5.74) is 45.7. The summed E-state index contributed by atoms with van der Waals surface area (Å²) in [7, 11) is 0. The van der Waals surface area contributed by atoms with Gasteiger partial charge in [-0.3, -0.25) is 15.0 Å². The zero-order chi connectivity index (χ0) is 100. The van der Waals surface area contributed by atoms with Crippen LogP contribution in [0.25, 0.3) is 214 Å². The third-order valence-corrected chi connectivity index (χ3v) is 29.4. The predicted octanol–water partition coefficient (Wildman–Crippen LogP) is 33.2. The van der Waals surface area contributed by atoms with Crippen molar-refractivity contribution in [2.24, 2.45) is 0 Å². The van der Waals surface area contributed by atoms with Crippen LogP contribution in [0.15, 0.2) is 425 Å². The SMILES string of the molecule is Cc1ccc(-c2ccc(-c3nc(-c4ccc(-c5c(-c6ccccc6)cc(-c6ccccc6)cc5-c5ccccc5)cc4)nc(-c4ccc5c(c4)C(C)(C)c4ccccc4-5)n3)cc2)c(C)n1.Cc1ccc(-c2cccc(-c3nc(-c4ccccc4)nc(-c4ccc5c(c4)C(C)(C)c4ccccc4-5)n3)c2)c(C)n1.Cc1ccc(-c2ccccc2-c2nc(-c3ccccc3)nc(-c3ccc4c(c3)C(C)(C)c3ccccc3-4)n2)c(C)n1. The number of hydrogen-bond acceptors (Lipinski definition) is 12. The average molecular weight is 1900 g/mol. The molecule has 0 atom stereocenters. The molecular formula is C135H106N12. The summed E-state index contributed by atoms with van der Waals surface area (Å²) in [6, 6.07) is 150. The van der Waals surface area contributed by atoms with Crippen molar-refractivity contribution in [3.05, 3.63) is 492 Å². The second-order valence-corrected chi connectivity index (χ2v) is 40.0. The van der Waals surface area contributed by atoms with Crippen LogP contribution < -0.4 is 0 Å². The molecule has 0 bridgehead atoms. The molecule has 16 aromatic carbocycles. The van der Waals surface area contributed by atoms with Gasteiger partial charge in [-0.25, -0.2) is 44.9 Å². The first kappa shape index (κ1) is 92.7. The predicted molar refractivity (Wildman–Crippen MR) is 601 cm³/mol. The molecule has 0 amide bonds. The van der Waals surface area contributed by atoms with Gasteiger partial charge in [0.25, 0.3) is 0 Å². The van der Waals surface area contributed by atoms with Gasteiger partial charge < -0.3 is 0 Å². The fourth-order valence-corrected chi connectivity index (χ4v) is 21.7. The van der Waals surface area contributed by atoms with E-state index in [0.717, 1.165) is 134 Å². The molecule has 0 saturated heterocycles. The highest BCUT2D eigenvalue weighted by Crippen LogP contribution is 2.54. The minimum atomic E-state index is -0.161. The first-order valence-corrected chi connectivity index (χ1v) is 50.3. The Labute approximate surface area is 859 Å². The maximum absolute atomic E-state index is 5.25. The van der Waals surface area contributed by atoms with Crippen LogP contribution in [0.2, 0.25) is 0 Å². The maximum atomic E-state index is 5.25. The smallest absolute Gasteiger partial charge is 0.164 e. The Kier molecular flexibility index (Phi) is 24.2. The number of aromatic nitrogens is 12. The van der Waals surface area contributed by atoms with E-state index in [4.69, 9.17) is 54.8 Å². The van der Waals surface area contributed by atoms with Crippen molar-refractivity contribution >= 4 is 0 Å². The monoisotopic (exact) mass is 1890 g/mol. The van der Waals surface area contributed by atoms with E-state index < -0.39 is 0 Å². The number of rotatable bonds is 16. The molecule has 147 heavy (non-hydrogen) atoms. The summed E-state index contributed by atoms with van der Waals surface area (Å²) < 4.78 is 0. The fraction of sp³-hybridized carbons (Fsp3) is 0.111. The van der Waals surface area contributed by atoms with E-state index >= 15 is 0 Å². The van der Waals surface area contributed by atoms with Crippen LogP contribution in [-0.2, 0) is 16.2 Å². The Morgan fingerprint density at radius 1 is 0.129 bits per heavy atom. The summed E-state index contributed by atoms with van der Waals surface area (Å²) in [5.74, 6) is 5.82. The van der Waals surface area contributed by atoms with Crippen LogP contribution in [0.4, 0.5) is 0 Å². The first-order valence-electron chi connectivity index (χ1n) is 50.3. The minimum Gasteiger partial charge on any atom is -0.258 e. The Bertz CT molecular complexity index is 8780. The Balaban J connectivity index is 0.000000127. The molecule has 0 N–H and O–H groups in total. The summed E-state index contributed by atoms with van der Waals surface area (Å²) >= 11 is 0. The van der Waals surface area contributed by atoms with E-state index in [1.54, 1.807) is 0 Å². The molecule has 6 aromatic heterocycles. The van der Waals surface area contributed by atoms with Gasteiger partial charge in [-0.15, -0.1) is 0 Å². The summed E-state index contributed by atoms with van der Waals surface area (Å²) in [5, 5.41) is 0. The molecule has 12 nitrogen and oxygen atoms in total. The lowest BCUT2D eigenvalue weighted by Crippen LogP contribution is -2.15. The van der Waals surface area contributed by atoms with Crippen molar-refractivity contribution in [2.45, 2.75) is 99.3 Å². The molecule has 6 heterocycles. The molecule has 3 aliphatic rings. The third-order valence-electron chi connectivity index (χ3n) is 29.4. The van der Waals surface area contributed by atoms with Gasteiger partial charge in [-0.1, -0.05) is 412 Å². The van der Waals surface area contributed by atoms with E-state index in [1.807, 2.05) is 87.5 Å². The summed E-state index contributed by atoms with van der Waals surface area (Å²) in [6.45, 7) is 26.0. The average Bonchev–Trinajstić information content (AvgIpc) is 1.59. The zero-order valence-electron chi connectivity index (χ0n) is 84.3. The highest BCUT2D eigenvalue weighted by atomic mass is 15.1. The normalized spacial score (nSPS) is 12.8. The molecule has 3 aliphatic carbocycles. The van der Waals surface area contributed by atoms with Gasteiger partial charge in [-0.2, -0.15) is 0 Å². The van der Waals surface area contributed by atoms with E-state index in [-0.39, 0.29) is 16.2 Å². The second kappa shape index (κ2) is 38.4. The molecule has 0 aliphatic heterocycles. The van der Waals surface area contributed by atoms with Gasteiger partial charge in [-0.05, 0) is 224 Å². The molecule has 0 saturated carbocycles. The van der Waals surface area contributed by atoms with Crippen LogP contribution in [0.1, 0.15) is 109 Å². The second-order valence-electron chi connectivity index (χ2n) is 40.0. The molecule has 12 heteroatoms. The van der Waals surface area contributed by atoms with Crippen LogP contribution in [0.3, 0.4) is 0 Å². The largest absolute Gasteiger partial charge is 0.258 e. The van der Waals surface area contributed by atoms with Gasteiger partial charge in [0.1, 0.15) is 0 Å². The number of pyridine rings is 3. The van der Waals surface area contributed by atoms with Crippen molar-refractivity contribution < 1.29 is 0 Å². The van der Waals surface area contributed by atoms with Crippen LogP contribution in [0.5, 0.6) is 0 Å². The lowest BCUT2D eigenvalue weighted by molar-refractivity contribution is 0.660. The van der Waals surface area contributed by atoms with Crippen molar-refractivity contribution in [2.75, 3.05) is 0 Å². The van der Waals surface area contributed by atoms with Crippen LogP contribution >= 0.6 is 0 Å². The highest BCUT2D eigenvalue weighted by molar-refractivity contribution is 5.99. The maximum Gasteiger partial charge on any atom is 0.164 e. The van der Waals surface area contributed by atoms with Crippen molar-refractivity contribution in [3.8, 4) is 214 Å². The van der Waals surface area contributed by atoms with E-state index in [0.29, 0.717) is 52.4 Å². The Morgan fingerprint density at radius 3 is 0.735 bits per heavy atom. The molecule has 0 fully saturated rings. The summed E-state index contributed by atoms with van der Waals surface area (Å²) in [4.78, 5) is 60.0. The lowest BCUT2D eigenvalue weighted by atomic mass is 9.82. The number of benzene rings is 16. The van der Waals surface area contributed by atoms with Gasteiger partial charge in [0, 0.05) is 117 Å². The van der Waals surface area contributed by atoms with E-state index in [9.17, 15) is 0 Å². The quantitative estimate of drug-likeness (QED) is 0.0904. The van der Waals surface area contributed by atoms with E-state index in [1.165, 1.54) is 94.6 Å². The number of nitrogens with zero attached hydrogens (tertiary/aromatic N) is 12. The van der Waals surface area contributed by atoms with Gasteiger partial charge in [0.2, 0.25) is 0 Å². The van der Waals surface area contributed by atoms with Crippen LogP contribution in [0, 0.1) is 41.5 Å². The van der Waals surface area contributed by atoms with Gasteiger partial charge in [0.05, 0.1) is 0 Å². The van der Waals surface area contributed by atoms with Gasteiger partial charge in [0.15, 0.2) is 52.4 Å². The van der Waals surface area contributed by atoms with Crippen molar-refractivity contribution in [1.82, 2.24) is 59.8 Å². The molecule has 25 rings (SSSR count). The highest BCUT2D eigenvalue weighted by Gasteiger charge is 2.39.